The van der Waals surface area contributed by atoms with E-state index >= 15 is 0 Å². The third-order valence-corrected chi connectivity index (χ3v) is 4.26. The van der Waals surface area contributed by atoms with Crippen LogP contribution in [0.15, 0.2) is 33.7 Å². The summed E-state index contributed by atoms with van der Waals surface area (Å²) in [5, 5.41) is 6.97. The van der Waals surface area contributed by atoms with Crippen molar-refractivity contribution in [1.29, 1.82) is 0 Å². The molecule has 0 saturated heterocycles. The quantitative estimate of drug-likeness (QED) is 0.870. The summed E-state index contributed by atoms with van der Waals surface area (Å²) in [5.41, 5.74) is 3.51. The van der Waals surface area contributed by atoms with Gasteiger partial charge >= 0.3 is 0 Å². The highest BCUT2D eigenvalue weighted by Gasteiger charge is 2.20. The highest BCUT2D eigenvalue weighted by atomic mass is 32.1. The van der Waals surface area contributed by atoms with Gasteiger partial charge in [-0.05, 0) is 31.9 Å². The van der Waals surface area contributed by atoms with E-state index in [4.69, 9.17) is 4.52 Å². The zero-order valence-electron chi connectivity index (χ0n) is 12.8. The topological polar surface area (TPSA) is 59.2 Å². The number of nitrogens with zero attached hydrogens (tertiary/aromatic N) is 3. The first-order valence-electron chi connectivity index (χ1n) is 7.04. The molecule has 0 saturated carbocycles. The van der Waals surface area contributed by atoms with E-state index in [1.165, 1.54) is 0 Å². The van der Waals surface area contributed by atoms with Gasteiger partial charge in [-0.15, -0.1) is 11.3 Å². The number of aromatic nitrogens is 2. The van der Waals surface area contributed by atoms with Gasteiger partial charge in [0.2, 0.25) is 5.91 Å². The second kappa shape index (κ2) is 5.88. The molecule has 6 heteroatoms. The van der Waals surface area contributed by atoms with Gasteiger partial charge in [0.25, 0.3) is 0 Å². The zero-order chi connectivity index (χ0) is 15.7. The van der Waals surface area contributed by atoms with Gasteiger partial charge in [-0.2, -0.15) is 0 Å². The lowest BCUT2D eigenvalue weighted by Crippen LogP contribution is -2.27. The van der Waals surface area contributed by atoms with Crippen molar-refractivity contribution in [1.82, 2.24) is 15.0 Å². The fourth-order valence-corrected chi connectivity index (χ4v) is 3.02. The molecule has 0 atom stereocenters. The summed E-state index contributed by atoms with van der Waals surface area (Å²) in [6, 6.07) is 1.84. The van der Waals surface area contributed by atoms with E-state index in [0.29, 0.717) is 13.0 Å². The maximum absolute atomic E-state index is 12.5. The Morgan fingerprint density at radius 3 is 2.91 bits per heavy atom. The van der Waals surface area contributed by atoms with Crippen molar-refractivity contribution >= 4 is 22.8 Å². The van der Waals surface area contributed by atoms with Crippen molar-refractivity contribution in [2.75, 3.05) is 7.05 Å². The fraction of sp³-hybridized carbons (Fsp3) is 0.312. The highest BCUT2D eigenvalue weighted by Crippen LogP contribution is 2.28. The van der Waals surface area contributed by atoms with Crippen LogP contribution in [0.25, 0.3) is 5.57 Å². The number of allylic oxidation sites excluding steroid dienone is 3. The molecule has 0 bridgehead atoms. The van der Waals surface area contributed by atoms with Gasteiger partial charge in [0.05, 0.1) is 17.2 Å². The molecule has 1 aliphatic carbocycles. The number of rotatable bonds is 4. The lowest BCUT2D eigenvalue weighted by molar-refractivity contribution is -0.126. The first-order valence-corrected chi connectivity index (χ1v) is 7.92. The molecule has 22 heavy (non-hydrogen) atoms. The maximum atomic E-state index is 12.5. The van der Waals surface area contributed by atoms with E-state index < -0.39 is 0 Å². The van der Waals surface area contributed by atoms with Gasteiger partial charge in [-0.1, -0.05) is 11.2 Å². The second-order valence-electron chi connectivity index (χ2n) is 5.38. The van der Waals surface area contributed by atoms with E-state index in [-0.39, 0.29) is 5.91 Å². The summed E-state index contributed by atoms with van der Waals surface area (Å²) < 4.78 is 5.03. The Morgan fingerprint density at radius 1 is 1.45 bits per heavy atom. The van der Waals surface area contributed by atoms with Crippen molar-refractivity contribution in [2.24, 2.45) is 0 Å². The summed E-state index contributed by atoms with van der Waals surface area (Å²) >= 11 is 1.62. The van der Waals surface area contributed by atoms with Gasteiger partial charge in [0, 0.05) is 24.1 Å². The van der Waals surface area contributed by atoms with E-state index in [1.54, 1.807) is 23.3 Å². The average Bonchev–Trinajstić information content (AvgIpc) is 3.19. The van der Waals surface area contributed by atoms with Crippen molar-refractivity contribution in [3.05, 3.63) is 51.3 Å². The lowest BCUT2D eigenvalue weighted by atomic mass is 10.2. The van der Waals surface area contributed by atoms with Gasteiger partial charge in [-0.3, -0.25) is 4.79 Å². The van der Waals surface area contributed by atoms with Gasteiger partial charge in [-0.25, -0.2) is 4.98 Å². The predicted molar refractivity (Wildman–Crippen MR) is 85.2 cm³/mol. The number of amides is 1. The van der Waals surface area contributed by atoms with Crippen LogP contribution in [0.5, 0.6) is 0 Å². The number of carbonyl (C=O) groups excluding carboxylic acids is 1. The minimum absolute atomic E-state index is 0.0128. The number of hydrogen-bond donors (Lipinski definition) is 0. The Morgan fingerprint density at radius 2 is 2.27 bits per heavy atom. The van der Waals surface area contributed by atoms with E-state index in [1.807, 2.05) is 31.4 Å². The van der Waals surface area contributed by atoms with Crippen LogP contribution in [0, 0.1) is 13.8 Å². The summed E-state index contributed by atoms with van der Waals surface area (Å²) in [6.45, 7) is 4.26. The van der Waals surface area contributed by atoms with Crippen LogP contribution >= 0.6 is 11.3 Å². The molecular weight excluding hydrogens is 298 g/mol. The smallest absolute Gasteiger partial charge is 0.250 e. The van der Waals surface area contributed by atoms with Crippen LogP contribution in [-0.4, -0.2) is 28.0 Å². The van der Waals surface area contributed by atoms with Crippen LogP contribution in [0.4, 0.5) is 0 Å². The standard InChI is InChI=1S/C16H17N3O2S/c1-10-6-14(18-21-10)8-19(3)16(20)13-5-4-12(7-13)15-9-22-11(2)17-15/h4,6-7,9H,5,8H2,1-3H3. The molecule has 3 rings (SSSR count). The average molecular weight is 315 g/mol. The molecule has 5 nitrogen and oxygen atoms in total. The molecule has 2 heterocycles. The molecule has 114 valence electrons. The first kappa shape index (κ1) is 14.7. The van der Waals surface area contributed by atoms with Crippen LogP contribution in [-0.2, 0) is 11.3 Å². The molecule has 0 radical (unpaired) electrons. The van der Waals surface area contributed by atoms with Crippen molar-refractivity contribution in [2.45, 2.75) is 26.8 Å². The van der Waals surface area contributed by atoms with Crippen LogP contribution in [0.2, 0.25) is 0 Å². The molecule has 1 amide bonds. The zero-order valence-corrected chi connectivity index (χ0v) is 13.6. The molecule has 2 aromatic rings. The Balaban J connectivity index is 1.68. The van der Waals surface area contributed by atoms with Gasteiger partial charge in [0.15, 0.2) is 0 Å². The Bertz CT molecular complexity index is 770. The Hall–Kier alpha value is -2.21. The molecule has 2 aromatic heterocycles. The lowest BCUT2D eigenvalue weighted by Gasteiger charge is -2.15. The normalized spacial score (nSPS) is 14.0. The number of carbonyl (C=O) groups is 1. The van der Waals surface area contributed by atoms with E-state index in [9.17, 15) is 4.79 Å². The fourth-order valence-electron chi connectivity index (χ4n) is 2.40. The molecule has 0 aromatic carbocycles. The molecule has 0 aliphatic heterocycles. The SMILES string of the molecule is Cc1cc(CN(C)C(=O)C2=CC(c3csc(C)n3)=CC2)no1. The maximum Gasteiger partial charge on any atom is 0.250 e. The highest BCUT2D eigenvalue weighted by molar-refractivity contribution is 7.09. The molecular formula is C16H17N3O2S. The minimum atomic E-state index is 0.0128. The Labute approximate surface area is 132 Å². The number of likely N-dealkylation sites (N-methyl/N-ethyl adjacent to an activating group) is 1. The Kier molecular flexibility index (Phi) is 3.94. The largest absolute Gasteiger partial charge is 0.361 e. The molecule has 0 N–H and O–H groups in total. The van der Waals surface area contributed by atoms with Crippen molar-refractivity contribution in [3.8, 4) is 0 Å². The number of thiazole rings is 1. The van der Waals surface area contributed by atoms with Crippen molar-refractivity contribution in [3.63, 3.8) is 0 Å². The monoisotopic (exact) mass is 315 g/mol. The molecule has 0 unspecified atom stereocenters. The van der Waals surface area contributed by atoms with Gasteiger partial charge in [0.1, 0.15) is 11.5 Å². The van der Waals surface area contributed by atoms with Crippen LogP contribution in [0.3, 0.4) is 0 Å². The van der Waals surface area contributed by atoms with Crippen LogP contribution < -0.4 is 0 Å². The van der Waals surface area contributed by atoms with Crippen molar-refractivity contribution < 1.29 is 9.32 Å². The summed E-state index contributed by atoms with van der Waals surface area (Å²) in [7, 11) is 1.78. The van der Waals surface area contributed by atoms with E-state index in [2.05, 4.69) is 16.2 Å². The van der Waals surface area contributed by atoms with E-state index in [0.717, 1.165) is 33.3 Å². The summed E-state index contributed by atoms with van der Waals surface area (Å²) in [6.07, 6.45) is 4.63. The molecule has 0 fully saturated rings. The molecule has 0 spiro atoms. The van der Waals surface area contributed by atoms with Gasteiger partial charge < -0.3 is 9.42 Å². The summed E-state index contributed by atoms with van der Waals surface area (Å²) in [5.74, 6) is 0.762. The summed E-state index contributed by atoms with van der Waals surface area (Å²) in [4.78, 5) is 18.6. The van der Waals surface area contributed by atoms with Crippen LogP contribution in [0.1, 0.15) is 28.6 Å². The number of hydrogen-bond acceptors (Lipinski definition) is 5. The third-order valence-electron chi connectivity index (χ3n) is 3.48. The third kappa shape index (κ3) is 3.01. The minimum Gasteiger partial charge on any atom is -0.361 e. The second-order valence-corrected chi connectivity index (χ2v) is 6.44. The number of aryl methyl sites for hydroxylation is 2. The first-order chi connectivity index (χ1) is 10.5. The predicted octanol–water partition coefficient (Wildman–Crippen LogP) is 3.12. The molecule has 1 aliphatic rings.